The molecule has 9 nitrogen and oxygen atoms in total. The predicted octanol–water partition coefficient (Wildman–Crippen LogP) is 26.1. The van der Waals surface area contributed by atoms with Crippen LogP contribution in [-0.4, -0.2) is 179 Å². The number of nitrogens with one attached hydrogen (secondary N) is 2. The van der Waals surface area contributed by atoms with Crippen LogP contribution in [0.5, 0.6) is 5.75 Å². The van der Waals surface area contributed by atoms with Crippen molar-refractivity contribution < 1.29 is 5.11 Å². The first-order valence-corrected chi connectivity index (χ1v) is 44.8. The van der Waals surface area contributed by atoms with Crippen LogP contribution in [0, 0.1) is 79.1 Å². The minimum atomic E-state index is 0.334. The van der Waals surface area contributed by atoms with E-state index in [1.54, 1.807) is 12.1 Å². The van der Waals surface area contributed by atoms with Crippen molar-refractivity contribution in [1.29, 1.82) is 0 Å². The Morgan fingerprint density at radius 3 is 1.07 bits per heavy atom. The first-order valence-electron chi connectivity index (χ1n) is 44.8. The molecule has 4 heterocycles. The van der Waals surface area contributed by atoms with Gasteiger partial charge in [0, 0.05) is 17.1 Å². The summed E-state index contributed by atoms with van der Waals surface area (Å²) in [4.78, 5) is 14.1. The summed E-state index contributed by atoms with van der Waals surface area (Å²) < 4.78 is 0. The summed E-state index contributed by atoms with van der Waals surface area (Å²) in [5, 5.41) is 15.8. The van der Waals surface area contributed by atoms with Crippen LogP contribution in [0.1, 0.15) is 303 Å². The molecule has 5 aromatic rings. The highest BCUT2D eigenvalue weighted by Gasteiger charge is 2.35. The fraction of sp³-hybridized carbons (Fsp3) is 0.706. The molecular formula is C102H190N8O. The molecule has 1 atom stereocenters. The quantitative estimate of drug-likeness (QED) is 0.0702. The SMILES string of the molecule is CC1CC(C)(C)NC(C)(C)C1.CC1CCN(C)CC1.CC1CCNCC1.CCC(C)N(CC)CC.CCCCCCCN(C)C.CCCCCN(C)C.CCCCN(C)C.CCN1CCC(C)CC1.Cc1ccc(C)cc1.Cc1cccc(C(C)C)c1.Cc1cccc(C)c1.Cc1cccc(O)c1.Cc1ccccc1C. The van der Waals surface area contributed by atoms with Crippen LogP contribution < -0.4 is 10.6 Å². The summed E-state index contributed by atoms with van der Waals surface area (Å²) in [6.07, 6.45) is 25.9. The van der Waals surface area contributed by atoms with E-state index in [-0.39, 0.29) is 0 Å². The molecule has 4 aliphatic heterocycles. The molecule has 0 amide bonds. The van der Waals surface area contributed by atoms with Crippen LogP contribution in [0.25, 0.3) is 0 Å². The van der Waals surface area contributed by atoms with E-state index >= 15 is 0 Å². The first kappa shape index (κ1) is 113. The van der Waals surface area contributed by atoms with Crippen molar-refractivity contribution in [3.63, 3.8) is 0 Å². The molecule has 0 radical (unpaired) electrons. The van der Waals surface area contributed by atoms with Gasteiger partial charge >= 0.3 is 0 Å². The van der Waals surface area contributed by atoms with Crippen LogP contribution in [0.15, 0.2) is 121 Å². The lowest BCUT2D eigenvalue weighted by atomic mass is 9.77. The molecule has 0 spiro atoms. The van der Waals surface area contributed by atoms with E-state index in [1.165, 1.54) is 245 Å². The van der Waals surface area contributed by atoms with Gasteiger partial charge in [0.15, 0.2) is 0 Å². The predicted molar refractivity (Wildman–Crippen MR) is 505 cm³/mol. The van der Waals surface area contributed by atoms with E-state index in [9.17, 15) is 0 Å². The molecule has 9 rings (SSSR count). The fourth-order valence-corrected chi connectivity index (χ4v) is 13.4. The van der Waals surface area contributed by atoms with Crippen LogP contribution >= 0.6 is 0 Å². The van der Waals surface area contributed by atoms with Crippen LogP contribution in [-0.2, 0) is 0 Å². The number of hydrogen-bond acceptors (Lipinski definition) is 9. The number of phenols is 1. The van der Waals surface area contributed by atoms with Crippen LogP contribution in [0.3, 0.4) is 0 Å². The van der Waals surface area contributed by atoms with Gasteiger partial charge in [-0.1, -0.05) is 272 Å². The average molecular weight is 1540 g/mol. The van der Waals surface area contributed by atoms with Crippen molar-refractivity contribution in [2.24, 2.45) is 23.7 Å². The molecule has 0 bridgehead atoms. The number of benzene rings is 5. The van der Waals surface area contributed by atoms with Crippen molar-refractivity contribution >= 4 is 0 Å². The second-order valence-corrected chi connectivity index (χ2v) is 35.6. The molecule has 1 unspecified atom stereocenters. The van der Waals surface area contributed by atoms with Gasteiger partial charge in [-0.05, 0) is 359 Å². The third kappa shape index (κ3) is 75.4. The van der Waals surface area contributed by atoms with Crippen LogP contribution in [0.4, 0.5) is 0 Å². The molecule has 0 aliphatic carbocycles. The lowest BCUT2D eigenvalue weighted by Crippen LogP contribution is -2.57. The van der Waals surface area contributed by atoms with Crippen molar-refractivity contribution in [3.05, 3.63) is 171 Å². The fourth-order valence-electron chi connectivity index (χ4n) is 13.4. The number of aryl methyl sites for hydroxylation is 8. The summed E-state index contributed by atoms with van der Waals surface area (Å²) in [6.45, 7) is 72.7. The zero-order valence-electron chi connectivity index (χ0n) is 80.1. The van der Waals surface area contributed by atoms with E-state index in [0.717, 1.165) is 35.3 Å². The minimum absolute atomic E-state index is 0.334. The standard InChI is InChI=1S/C10H21N.C10H14.C9H21N.C8H17N.C8H19N.3C8H10.C7H15N.C7H17N.C7H8O.C6H13N.C6H15N/c1-8-6-9(2,3)11-10(4,5)7-8;1-8(2)10-6-4-5-9(3)7-10;1-4-5-6-7-8-9-10(2)3;1-3-9-6-4-8(2)5-7-9;1-5-8(4)9(6-2)7-3;1-7-3-5-8(2)6-4-7;1-7-4-3-5-8(2)6-7;1-7-5-3-4-6-8(7)2;1-7-3-5-8(2)6-4-7;1-4-5-6-7-8(2)3;1-6-3-2-4-7(8)5-6;1-6-2-4-7-5-3-6;1-4-5-6-7(2)3/h8,11H,6-7H2,1-5H3;4-8H,1-3H3;4-9H2,1-3H3;8H,3-7H2,1-2H3;8H,5-7H2,1-4H3;3*3-6H,1-2H3;7H,3-6H2,1-2H3;4-7H2,1-3H3;2-5,8H,1H3;6-7H,2-5H2,1H3;4-6H2,1-3H3. The maximum absolute atomic E-state index is 8.81. The minimum Gasteiger partial charge on any atom is -0.508 e. The summed E-state index contributed by atoms with van der Waals surface area (Å²) in [5.74, 6) is 4.78. The van der Waals surface area contributed by atoms with Crippen molar-refractivity contribution in [2.45, 2.75) is 325 Å². The molecule has 0 aromatic heterocycles. The van der Waals surface area contributed by atoms with Gasteiger partial charge in [0.1, 0.15) is 5.75 Å². The Bertz CT molecular complexity index is 2640. The van der Waals surface area contributed by atoms with Crippen molar-refractivity contribution in [2.75, 3.05) is 128 Å². The molecule has 644 valence electrons. The highest BCUT2D eigenvalue weighted by atomic mass is 16.3. The summed E-state index contributed by atoms with van der Waals surface area (Å²) in [6, 6.07) is 41.9. The Hall–Kier alpha value is -4.42. The third-order valence-electron chi connectivity index (χ3n) is 20.8. The number of hydrogen-bond donors (Lipinski definition) is 3. The second kappa shape index (κ2) is 72.1. The summed E-state index contributed by atoms with van der Waals surface area (Å²) in [7, 11) is 14.9. The highest BCUT2D eigenvalue weighted by Crippen LogP contribution is 2.32. The topological polar surface area (TPSA) is 63.7 Å². The summed E-state index contributed by atoms with van der Waals surface area (Å²) in [5.41, 5.74) is 12.6. The van der Waals surface area contributed by atoms with Gasteiger partial charge < -0.3 is 45.1 Å². The van der Waals surface area contributed by atoms with Gasteiger partial charge in [0.25, 0.3) is 0 Å². The van der Waals surface area contributed by atoms with E-state index in [0.29, 0.717) is 22.7 Å². The largest absolute Gasteiger partial charge is 0.508 e. The highest BCUT2D eigenvalue weighted by molar-refractivity contribution is 5.27. The maximum atomic E-state index is 8.81. The van der Waals surface area contributed by atoms with Gasteiger partial charge in [-0.2, -0.15) is 0 Å². The first-order chi connectivity index (χ1) is 52.2. The third-order valence-corrected chi connectivity index (χ3v) is 20.8. The van der Waals surface area contributed by atoms with Crippen LogP contribution in [0.2, 0.25) is 0 Å². The molecule has 4 saturated heterocycles. The van der Waals surface area contributed by atoms with Gasteiger partial charge in [-0.15, -0.1) is 0 Å². The van der Waals surface area contributed by atoms with E-state index in [1.807, 2.05) is 19.1 Å². The number of phenolic OH excluding ortho intramolecular Hbond substituents is 1. The average Bonchev–Trinajstić information content (AvgIpc) is 0.820. The molecule has 4 aliphatic rings. The van der Waals surface area contributed by atoms with E-state index in [2.05, 4.69) is 360 Å². The summed E-state index contributed by atoms with van der Waals surface area (Å²) >= 11 is 0. The zero-order valence-corrected chi connectivity index (χ0v) is 80.1. The van der Waals surface area contributed by atoms with E-state index in [4.69, 9.17) is 5.11 Å². The Morgan fingerprint density at radius 2 is 0.793 bits per heavy atom. The monoisotopic (exact) mass is 1540 g/mol. The molecule has 4 fully saturated rings. The Morgan fingerprint density at radius 1 is 0.423 bits per heavy atom. The Balaban J connectivity index is -0.000000560. The Kier molecular flexibility index (Phi) is 73.3. The number of aromatic hydroxyl groups is 1. The molecule has 111 heavy (non-hydrogen) atoms. The number of likely N-dealkylation sites (tertiary alicyclic amines) is 2. The molecule has 0 saturated carbocycles. The molecule has 5 aromatic carbocycles. The number of nitrogens with zero attached hydrogens (tertiary/aromatic N) is 6. The number of unbranched alkanes of at least 4 members (excludes halogenated alkanes) is 7. The maximum Gasteiger partial charge on any atom is 0.115 e. The number of piperidine rings is 4. The van der Waals surface area contributed by atoms with E-state index < -0.39 is 0 Å². The smallest absolute Gasteiger partial charge is 0.115 e. The normalized spacial score (nSPS) is 15.6. The van der Waals surface area contributed by atoms with Crippen molar-refractivity contribution in [3.8, 4) is 5.75 Å². The second-order valence-electron chi connectivity index (χ2n) is 35.6. The van der Waals surface area contributed by atoms with Gasteiger partial charge in [0.2, 0.25) is 0 Å². The number of rotatable bonds is 19. The molecule has 9 heteroatoms. The van der Waals surface area contributed by atoms with Gasteiger partial charge in [-0.3, -0.25) is 0 Å². The van der Waals surface area contributed by atoms with Gasteiger partial charge in [0.05, 0.1) is 0 Å². The lowest BCUT2D eigenvalue weighted by Gasteiger charge is -2.45. The van der Waals surface area contributed by atoms with Gasteiger partial charge in [-0.25, -0.2) is 0 Å². The Labute approximate surface area is 694 Å². The zero-order chi connectivity index (χ0) is 85.2. The lowest BCUT2D eigenvalue weighted by molar-refractivity contribution is 0.138. The molecule has 3 N–H and O–H groups in total. The molecular weight excluding hydrogens is 1350 g/mol. The van der Waals surface area contributed by atoms with Crippen molar-refractivity contribution in [1.82, 2.24) is 40.0 Å².